The molecule has 0 amide bonds. The number of rotatable bonds is 5. The third-order valence-corrected chi connectivity index (χ3v) is 7.71. The first-order valence-corrected chi connectivity index (χ1v) is 11.8. The van der Waals surface area contributed by atoms with Crippen LogP contribution in [-0.2, 0) is 16.3 Å². The van der Waals surface area contributed by atoms with E-state index in [2.05, 4.69) is 16.4 Å². The average Bonchev–Trinajstić information content (AvgIpc) is 3.19. The van der Waals surface area contributed by atoms with E-state index in [1.165, 1.54) is 6.20 Å². The zero-order valence-corrected chi connectivity index (χ0v) is 18.3. The van der Waals surface area contributed by atoms with Gasteiger partial charge in [-0.1, -0.05) is 19.1 Å². The fourth-order valence-corrected chi connectivity index (χ4v) is 5.56. The van der Waals surface area contributed by atoms with Crippen molar-refractivity contribution in [2.75, 3.05) is 25.5 Å². The van der Waals surface area contributed by atoms with Crippen LogP contribution >= 0.6 is 0 Å². The Morgan fingerprint density at radius 1 is 1.29 bits per heavy atom. The molecule has 0 bridgehead atoms. The van der Waals surface area contributed by atoms with E-state index in [9.17, 15) is 12.8 Å². The van der Waals surface area contributed by atoms with E-state index in [1.54, 1.807) is 36.4 Å². The Bertz CT molecular complexity index is 1260. The van der Waals surface area contributed by atoms with Gasteiger partial charge in [0.15, 0.2) is 0 Å². The molecule has 2 aromatic carbocycles. The summed E-state index contributed by atoms with van der Waals surface area (Å²) in [5, 5.41) is 12.9. The second-order valence-electron chi connectivity index (χ2n) is 8.02. The summed E-state index contributed by atoms with van der Waals surface area (Å²) in [5.41, 5.74) is 2.65. The van der Waals surface area contributed by atoms with Crippen molar-refractivity contribution in [1.82, 2.24) is 9.88 Å². The fourth-order valence-electron chi connectivity index (χ4n) is 4.10. The molecule has 1 saturated heterocycles. The molecule has 1 aliphatic heterocycles. The number of piperidine rings is 1. The number of nitrogens with zero attached hydrogens (tertiary/aromatic N) is 2. The Balaban J connectivity index is 1.71. The summed E-state index contributed by atoms with van der Waals surface area (Å²) >= 11 is 0. The Morgan fingerprint density at radius 2 is 2.10 bits per heavy atom. The third kappa shape index (κ3) is 4.03. The monoisotopic (exact) mass is 440 g/mol. The minimum atomic E-state index is -3.81. The number of halogens is 1. The highest BCUT2D eigenvalue weighted by Gasteiger charge is 2.29. The van der Waals surface area contributed by atoms with Crippen molar-refractivity contribution in [2.24, 2.45) is 0 Å². The number of hydrogen-bond donors (Lipinski definition) is 2. The quantitative estimate of drug-likeness (QED) is 0.628. The van der Waals surface area contributed by atoms with Crippen molar-refractivity contribution >= 4 is 26.4 Å². The molecule has 2 heterocycles. The fraction of sp³-hybridized carbons (Fsp3) is 0.348. The number of likely N-dealkylation sites (tertiary alicyclic amines) is 1. The molecule has 0 saturated carbocycles. The average molecular weight is 441 g/mol. The van der Waals surface area contributed by atoms with E-state index in [4.69, 9.17) is 5.26 Å². The van der Waals surface area contributed by atoms with E-state index in [-0.39, 0.29) is 15.8 Å². The lowest BCUT2D eigenvalue weighted by Gasteiger charge is -2.33. The number of aromatic amines is 1. The van der Waals surface area contributed by atoms with Gasteiger partial charge in [-0.3, -0.25) is 0 Å². The summed E-state index contributed by atoms with van der Waals surface area (Å²) in [6.07, 6.45) is 1.79. The predicted molar refractivity (Wildman–Crippen MR) is 119 cm³/mol. The number of anilines is 1. The number of aromatic nitrogens is 1. The Hall–Kier alpha value is -2.89. The van der Waals surface area contributed by atoms with Crippen LogP contribution in [0.15, 0.2) is 52.4 Å². The maximum absolute atomic E-state index is 14.6. The van der Waals surface area contributed by atoms with Gasteiger partial charge in [0.05, 0.1) is 27.5 Å². The number of benzene rings is 2. The van der Waals surface area contributed by atoms with Gasteiger partial charge < -0.3 is 15.2 Å². The Morgan fingerprint density at radius 3 is 2.81 bits per heavy atom. The van der Waals surface area contributed by atoms with Crippen LogP contribution in [0.5, 0.6) is 0 Å². The van der Waals surface area contributed by atoms with Crippen LogP contribution in [0.1, 0.15) is 24.5 Å². The van der Waals surface area contributed by atoms with E-state index in [0.717, 1.165) is 12.1 Å². The molecular weight excluding hydrogens is 415 g/mol. The molecule has 2 N–H and O–H groups in total. The van der Waals surface area contributed by atoms with Gasteiger partial charge in [-0.2, -0.15) is 5.26 Å². The first-order chi connectivity index (χ1) is 14.8. The molecule has 4 rings (SSSR count). The molecule has 8 heteroatoms. The highest BCUT2D eigenvalue weighted by molar-refractivity contribution is 7.91. The van der Waals surface area contributed by atoms with Gasteiger partial charge in [0.2, 0.25) is 9.84 Å². The zero-order valence-electron chi connectivity index (χ0n) is 17.5. The number of H-pyrrole nitrogens is 1. The van der Waals surface area contributed by atoms with Crippen LogP contribution in [0.2, 0.25) is 0 Å². The van der Waals surface area contributed by atoms with Crippen LogP contribution in [0.3, 0.4) is 0 Å². The third-order valence-electron chi connectivity index (χ3n) is 5.92. The number of alkyl halides is 1. The SMILES string of the molecule is CCc1ccc(S(=O)(=O)c2c[nH]c3cc(C#N)ccc23)cc1NC1CCN(C)CC1F. The number of hydrogen-bond acceptors (Lipinski definition) is 5. The lowest BCUT2D eigenvalue weighted by Crippen LogP contribution is -2.46. The lowest BCUT2D eigenvalue weighted by molar-refractivity contribution is 0.149. The highest BCUT2D eigenvalue weighted by atomic mass is 32.2. The van der Waals surface area contributed by atoms with Gasteiger partial charge in [0, 0.05) is 35.9 Å². The molecule has 31 heavy (non-hydrogen) atoms. The Labute approximate surface area is 181 Å². The topological polar surface area (TPSA) is 89.0 Å². The molecule has 1 aliphatic rings. The van der Waals surface area contributed by atoms with Crippen molar-refractivity contribution < 1.29 is 12.8 Å². The number of fused-ring (bicyclic) bond motifs is 1. The van der Waals surface area contributed by atoms with Gasteiger partial charge in [-0.15, -0.1) is 0 Å². The number of nitriles is 1. The minimum absolute atomic E-state index is 0.154. The molecule has 3 aromatic rings. The van der Waals surface area contributed by atoms with Crippen molar-refractivity contribution in [2.45, 2.75) is 41.8 Å². The lowest BCUT2D eigenvalue weighted by atomic mass is 10.0. The second-order valence-corrected chi connectivity index (χ2v) is 9.94. The molecule has 162 valence electrons. The molecule has 6 nitrogen and oxygen atoms in total. The largest absolute Gasteiger partial charge is 0.379 e. The molecule has 1 fully saturated rings. The van der Waals surface area contributed by atoms with Crippen LogP contribution in [0.4, 0.5) is 10.1 Å². The van der Waals surface area contributed by atoms with Gasteiger partial charge in [-0.25, -0.2) is 12.8 Å². The van der Waals surface area contributed by atoms with Crippen molar-refractivity contribution in [3.8, 4) is 6.07 Å². The zero-order chi connectivity index (χ0) is 22.2. The minimum Gasteiger partial charge on any atom is -0.379 e. The van der Waals surface area contributed by atoms with Crippen LogP contribution in [0.25, 0.3) is 10.9 Å². The van der Waals surface area contributed by atoms with Gasteiger partial charge in [0.25, 0.3) is 0 Å². The number of sulfone groups is 1. The van der Waals surface area contributed by atoms with Crippen molar-refractivity contribution in [3.05, 3.63) is 53.7 Å². The van der Waals surface area contributed by atoms with E-state index in [0.29, 0.717) is 41.5 Å². The van der Waals surface area contributed by atoms with Gasteiger partial charge in [-0.05, 0) is 49.7 Å². The maximum Gasteiger partial charge on any atom is 0.208 e. The summed E-state index contributed by atoms with van der Waals surface area (Å²) < 4.78 is 41.4. The highest BCUT2D eigenvalue weighted by Crippen LogP contribution is 2.32. The number of nitrogens with one attached hydrogen (secondary N) is 2. The predicted octanol–water partition coefficient (Wildman–Crippen LogP) is 3.89. The molecule has 0 aliphatic carbocycles. The maximum atomic E-state index is 14.6. The van der Waals surface area contributed by atoms with Crippen molar-refractivity contribution in [3.63, 3.8) is 0 Å². The summed E-state index contributed by atoms with van der Waals surface area (Å²) in [6, 6.07) is 11.6. The first kappa shape index (κ1) is 21.3. The van der Waals surface area contributed by atoms with Crippen LogP contribution < -0.4 is 5.32 Å². The smallest absolute Gasteiger partial charge is 0.208 e. The summed E-state index contributed by atoms with van der Waals surface area (Å²) in [6.45, 7) is 3.14. The second kappa shape index (κ2) is 8.33. The van der Waals surface area contributed by atoms with E-state index >= 15 is 0 Å². The molecule has 0 radical (unpaired) electrons. The standard InChI is InChI=1S/C23H25FN4O2S/c1-3-16-5-6-17(11-21(16)27-20-8-9-28(2)14-19(20)24)31(29,30)23-13-26-22-10-15(12-25)4-7-18(22)23/h4-7,10-11,13,19-20,26-27H,3,8-9,14H2,1-2H3. The normalized spacial score (nSPS) is 19.9. The van der Waals surface area contributed by atoms with Crippen LogP contribution in [0, 0.1) is 11.3 Å². The number of aryl methyl sites for hydroxylation is 1. The molecule has 0 spiro atoms. The summed E-state index contributed by atoms with van der Waals surface area (Å²) in [4.78, 5) is 5.22. The molecular formula is C23H25FN4O2S. The van der Waals surface area contributed by atoms with E-state index < -0.39 is 16.0 Å². The Kier molecular flexibility index (Phi) is 5.73. The van der Waals surface area contributed by atoms with E-state index in [1.807, 2.05) is 18.9 Å². The summed E-state index contributed by atoms with van der Waals surface area (Å²) in [7, 11) is -1.91. The van der Waals surface area contributed by atoms with Gasteiger partial charge in [0.1, 0.15) is 6.17 Å². The van der Waals surface area contributed by atoms with Crippen LogP contribution in [-0.4, -0.2) is 50.7 Å². The van der Waals surface area contributed by atoms with Crippen molar-refractivity contribution in [1.29, 1.82) is 5.26 Å². The van der Waals surface area contributed by atoms with Gasteiger partial charge >= 0.3 is 0 Å². The first-order valence-electron chi connectivity index (χ1n) is 10.3. The summed E-state index contributed by atoms with van der Waals surface area (Å²) in [5.74, 6) is 0. The molecule has 1 aromatic heterocycles. The molecule has 2 atom stereocenters. The molecule has 2 unspecified atom stereocenters.